The third-order valence-electron chi connectivity index (χ3n) is 2.72. The third kappa shape index (κ3) is 2.18. The van der Waals surface area contributed by atoms with Crippen molar-refractivity contribution in [3.8, 4) is 11.8 Å². The first-order valence-corrected chi connectivity index (χ1v) is 5.63. The molecule has 0 saturated heterocycles. The van der Waals surface area contributed by atoms with Gasteiger partial charge in [-0.05, 0) is 24.3 Å². The molecule has 0 spiro atoms. The summed E-state index contributed by atoms with van der Waals surface area (Å²) in [4.78, 5) is 7.11. The fraction of sp³-hybridized carbons (Fsp3) is 0. The lowest BCUT2D eigenvalue weighted by Gasteiger charge is -1.95. The molecule has 4 heteroatoms. The highest BCUT2D eigenvalue weighted by atomic mass is 19.1. The fourth-order valence-electron chi connectivity index (χ4n) is 1.80. The van der Waals surface area contributed by atoms with Gasteiger partial charge in [-0.2, -0.15) is 0 Å². The highest BCUT2D eigenvalue weighted by Crippen LogP contribution is 2.14. The van der Waals surface area contributed by atoms with E-state index in [1.165, 1.54) is 12.1 Å². The molecule has 0 fully saturated rings. The molecule has 2 nitrogen and oxygen atoms in total. The average molecular weight is 254 g/mol. The summed E-state index contributed by atoms with van der Waals surface area (Å²) in [6.45, 7) is 0. The molecule has 0 unspecified atom stereocenters. The van der Waals surface area contributed by atoms with E-state index in [4.69, 9.17) is 0 Å². The normalized spacial score (nSPS) is 10.2. The van der Waals surface area contributed by atoms with Crippen LogP contribution in [0.2, 0.25) is 0 Å². The molecule has 3 aromatic rings. The van der Waals surface area contributed by atoms with Crippen LogP contribution in [0.5, 0.6) is 0 Å². The Morgan fingerprint density at radius 3 is 2.68 bits per heavy atom. The van der Waals surface area contributed by atoms with Gasteiger partial charge in [-0.3, -0.25) is 0 Å². The van der Waals surface area contributed by atoms with E-state index >= 15 is 0 Å². The maximum absolute atomic E-state index is 13.4. The zero-order chi connectivity index (χ0) is 13.2. The number of hydrogen-bond acceptors (Lipinski definition) is 1. The molecule has 0 bridgehead atoms. The number of rotatable bonds is 0. The van der Waals surface area contributed by atoms with Crippen molar-refractivity contribution in [2.45, 2.75) is 0 Å². The molecule has 19 heavy (non-hydrogen) atoms. The summed E-state index contributed by atoms with van der Waals surface area (Å²) < 4.78 is 26.2. The molecule has 1 N–H and O–H groups in total. The van der Waals surface area contributed by atoms with Gasteiger partial charge in [0.2, 0.25) is 0 Å². The first-order valence-electron chi connectivity index (χ1n) is 5.63. The summed E-state index contributed by atoms with van der Waals surface area (Å²) in [5, 5.41) is 0.873. The number of aromatic amines is 1. The highest BCUT2D eigenvalue weighted by molar-refractivity contribution is 5.82. The van der Waals surface area contributed by atoms with Crippen LogP contribution < -0.4 is 0 Å². The summed E-state index contributed by atoms with van der Waals surface area (Å²) in [7, 11) is 0. The first-order chi connectivity index (χ1) is 9.24. The van der Waals surface area contributed by atoms with Crippen LogP contribution in [0.4, 0.5) is 8.78 Å². The molecule has 0 atom stereocenters. The summed E-state index contributed by atoms with van der Waals surface area (Å²) in [6.07, 6.45) is 3.39. The minimum Gasteiger partial charge on any atom is -0.346 e. The van der Waals surface area contributed by atoms with Crippen molar-refractivity contribution in [3.63, 3.8) is 0 Å². The van der Waals surface area contributed by atoms with Gasteiger partial charge < -0.3 is 4.98 Å². The molecule has 0 aliphatic carbocycles. The van der Waals surface area contributed by atoms with E-state index in [1.807, 2.05) is 6.07 Å². The molecule has 3 rings (SSSR count). The molecular weight excluding hydrogens is 246 g/mol. The smallest absolute Gasteiger partial charge is 0.141 e. The van der Waals surface area contributed by atoms with E-state index in [1.54, 1.807) is 18.5 Å². The molecule has 2 heterocycles. The Kier molecular flexibility index (Phi) is 2.73. The van der Waals surface area contributed by atoms with Gasteiger partial charge in [0.15, 0.2) is 0 Å². The van der Waals surface area contributed by atoms with Crippen LogP contribution in [0.1, 0.15) is 11.1 Å². The van der Waals surface area contributed by atoms with Gasteiger partial charge in [0, 0.05) is 29.4 Å². The minimum absolute atomic E-state index is 0.168. The number of aromatic nitrogens is 2. The number of nitrogens with zero attached hydrogens (tertiary/aromatic N) is 1. The van der Waals surface area contributed by atoms with Gasteiger partial charge >= 0.3 is 0 Å². The molecule has 2 aromatic heterocycles. The summed E-state index contributed by atoms with van der Waals surface area (Å²) >= 11 is 0. The molecule has 0 amide bonds. The Morgan fingerprint density at radius 2 is 1.84 bits per heavy atom. The summed E-state index contributed by atoms with van der Waals surface area (Å²) in [5.74, 6) is 4.31. The Balaban J connectivity index is 2.06. The van der Waals surface area contributed by atoms with Crippen LogP contribution in [0.15, 0.2) is 42.7 Å². The number of halogens is 2. The van der Waals surface area contributed by atoms with Crippen molar-refractivity contribution in [1.82, 2.24) is 9.97 Å². The first kappa shape index (κ1) is 11.4. The highest BCUT2D eigenvalue weighted by Gasteiger charge is 2.02. The van der Waals surface area contributed by atoms with Gasteiger partial charge in [0.25, 0.3) is 0 Å². The van der Waals surface area contributed by atoms with Gasteiger partial charge in [0.1, 0.15) is 17.3 Å². The molecule has 1 aromatic carbocycles. The Labute approximate surface area is 108 Å². The van der Waals surface area contributed by atoms with E-state index in [0.29, 0.717) is 0 Å². The van der Waals surface area contributed by atoms with E-state index < -0.39 is 11.6 Å². The zero-order valence-corrected chi connectivity index (χ0v) is 9.74. The number of nitrogens with one attached hydrogen (secondary N) is 1. The maximum Gasteiger partial charge on any atom is 0.141 e. The average Bonchev–Trinajstić information content (AvgIpc) is 2.86. The van der Waals surface area contributed by atoms with Gasteiger partial charge in [0.05, 0.1) is 5.56 Å². The van der Waals surface area contributed by atoms with Crippen molar-refractivity contribution < 1.29 is 8.78 Å². The largest absolute Gasteiger partial charge is 0.346 e. The van der Waals surface area contributed by atoms with Gasteiger partial charge in [-0.25, -0.2) is 13.8 Å². The lowest BCUT2D eigenvalue weighted by atomic mass is 10.1. The number of pyridine rings is 1. The number of hydrogen-bond donors (Lipinski definition) is 1. The van der Waals surface area contributed by atoms with E-state index in [0.717, 1.165) is 22.7 Å². The third-order valence-corrected chi connectivity index (χ3v) is 2.72. The van der Waals surface area contributed by atoms with Crippen LogP contribution in [-0.4, -0.2) is 9.97 Å². The monoisotopic (exact) mass is 254 g/mol. The van der Waals surface area contributed by atoms with Crippen LogP contribution in [-0.2, 0) is 0 Å². The Bertz CT molecular complexity index is 810. The topological polar surface area (TPSA) is 28.7 Å². The molecule has 92 valence electrons. The predicted molar refractivity (Wildman–Crippen MR) is 68.4 cm³/mol. The van der Waals surface area contributed by atoms with Crippen molar-refractivity contribution in [3.05, 3.63) is 65.5 Å². The van der Waals surface area contributed by atoms with E-state index in [2.05, 4.69) is 21.8 Å². The van der Waals surface area contributed by atoms with Crippen molar-refractivity contribution in [1.29, 1.82) is 0 Å². The van der Waals surface area contributed by atoms with Gasteiger partial charge in [-0.1, -0.05) is 11.8 Å². The van der Waals surface area contributed by atoms with Crippen LogP contribution >= 0.6 is 0 Å². The maximum atomic E-state index is 13.4. The molecule has 0 saturated carbocycles. The zero-order valence-electron chi connectivity index (χ0n) is 9.74. The summed E-state index contributed by atoms with van der Waals surface area (Å²) in [6, 6.07) is 6.94. The van der Waals surface area contributed by atoms with E-state index in [-0.39, 0.29) is 5.56 Å². The van der Waals surface area contributed by atoms with Crippen molar-refractivity contribution >= 4 is 11.0 Å². The minimum atomic E-state index is -0.660. The van der Waals surface area contributed by atoms with Crippen LogP contribution in [0, 0.1) is 23.5 Å². The Hall–Kier alpha value is -2.67. The fourth-order valence-corrected chi connectivity index (χ4v) is 1.80. The lowest BCUT2D eigenvalue weighted by Crippen LogP contribution is -1.86. The Morgan fingerprint density at radius 1 is 1.00 bits per heavy atom. The predicted octanol–water partition coefficient (Wildman–Crippen LogP) is 3.24. The quantitative estimate of drug-likeness (QED) is 0.613. The van der Waals surface area contributed by atoms with Crippen LogP contribution in [0.3, 0.4) is 0 Å². The standard InChI is InChI=1S/C15H8F2N2/c16-12-4-3-11(14(17)9-12)2-1-10-5-7-18-15-13(10)6-8-19-15/h3-9H,(H,18,19). The SMILES string of the molecule is Fc1ccc(C#Cc2ccnc3[nH]ccc23)c(F)c1. The summed E-state index contributed by atoms with van der Waals surface area (Å²) in [5.41, 5.74) is 1.64. The lowest BCUT2D eigenvalue weighted by molar-refractivity contribution is 0.581. The molecule has 0 radical (unpaired) electrons. The molecule has 0 aliphatic heterocycles. The molecular formula is C15H8F2N2. The van der Waals surface area contributed by atoms with Crippen molar-refractivity contribution in [2.75, 3.05) is 0 Å². The van der Waals surface area contributed by atoms with Gasteiger partial charge in [-0.15, -0.1) is 0 Å². The van der Waals surface area contributed by atoms with Crippen molar-refractivity contribution in [2.24, 2.45) is 0 Å². The van der Waals surface area contributed by atoms with E-state index in [9.17, 15) is 8.78 Å². The number of fused-ring (bicyclic) bond motifs is 1. The molecule has 0 aliphatic rings. The number of H-pyrrole nitrogens is 1. The second-order valence-electron chi connectivity index (χ2n) is 3.97. The van der Waals surface area contributed by atoms with Crippen LogP contribution in [0.25, 0.3) is 11.0 Å². The number of benzene rings is 1. The second kappa shape index (κ2) is 4.54. The second-order valence-corrected chi connectivity index (χ2v) is 3.97.